The Balaban J connectivity index is 3.42. The third-order valence-corrected chi connectivity index (χ3v) is 5.47. The van der Waals surface area contributed by atoms with Crippen LogP contribution in [0.4, 0.5) is 0 Å². The van der Waals surface area contributed by atoms with Crippen LogP contribution in [-0.4, -0.2) is 8.07 Å². The molecular weight excluding hydrogens is 136 g/mol. The minimum Gasteiger partial charge on any atom is -0.0693 e. The zero-order valence-corrected chi connectivity index (χ0v) is 8.74. The van der Waals surface area contributed by atoms with E-state index in [1.54, 1.807) is 0 Å². The lowest BCUT2D eigenvalue weighted by molar-refractivity contribution is 0.861. The predicted octanol–water partition coefficient (Wildman–Crippen LogP) is 3.72. The topological polar surface area (TPSA) is 0 Å². The average Bonchev–Trinajstić information content (AvgIpc) is 1.84. The summed E-state index contributed by atoms with van der Waals surface area (Å²) in [7, 11) is -0.787. The van der Waals surface area contributed by atoms with Gasteiger partial charge in [0, 0.05) is 8.07 Å². The minimum absolute atomic E-state index is 0.787. The van der Waals surface area contributed by atoms with Gasteiger partial charge < -0.3 is 0 Å². The average molecular weight is 157 g/mol. The van der Waals surface area contributed by atoms with Gasteiger partial charge in [-0.1, -0.05) is 58.3 Å². The van der Waals surface area contributed by atoms with Crippen molar-refractivity contribution in [3.05, 3.63) is 6.92 Å². The second-order valence-electron chi connectivity index (χ2n) is 3.87. The molecule has 1 heteroatoms. The largest absolute Gasteiger partial charge is 0.0693 e. The van der Waals surface area contributed by atoms with Crippen molar-refractivity contribution in [2.24, 2.45) is 0 Å². The summed E-state index contributed by atoms with van der Waals surface area (Å²) >= 11 is 0. The number of hydrogen-bond donors (Lipinski definition) is 0. The first kappa shape index (κ1) is 10.2. The summed E-state index contributed by atoms with van der Waals surface area (Å²) in [6.07, 6.45) is 3.93. The van der Waals surface area contributed by atoms with Gasteiger partial charge in [-0.05, 0) is 0 Å². The molecule has 0 heterocycles. The first-order valence-electron chi connectivity index (χ1n) is 4.41. The molecule has 0 amide bonds. The van der Waals surface area contributed by atoms with Crippen LogP contribution in [0.5, 0.6) is 0 Å². The third-order valence-electron chi connectivity index (χ3n) is 2.06. The third kappa shape index (κ3) is 5.04. The van der Waals surface area contributed by atoms with Crippen LogP contribution >= 0.6 is 0 Å². The number of rotatable bonds is 5. The lowest BCUT2D eigenvalue weighted by Crippen LogP contribution is -2.23. The lowest BCUT2D eigenvalue weighted by atomic mass is 10.4. The van der Waals surface area contributed by atoms with Gasteiger partial charge in [0.25, 0.3) is 0 Å². The SMILES string of the molecule is [CH2]CC[Si](C)(C)CCCC. The van der Waals surface area contributed by atoms with Crippen LogP contribution < -0.4 is 0 Å². The highest BCUT2D eigenvalue weighted by Crippen LogP contribution is 2.19. The van der Waals surface area contributed by atoms with E-state index in [9.17, 15) is 0 Å². The maximum absolute atomic E-state index is 3.91. The van der Waals surface area contributed by atoms with E-state index in [1.165, 1.54) is 24.9 Å². The molecule has 0 aromatic rings. The van der Waals surface area contributed by atoms with Crippen LogP contribution in [0.1, 0.15) is 26.2 Å². The first-order valence-corrected chi connectivity index (χ1v) is 7.83. The molecule has 0 aliphatic carbocycles. The Labute approximate surface area is 67.0 Å². The van der Waals surface area contributed by atoms with E-state index >= 15 is 0 Å². The summed E-state index contributed by atoms with van der Waals surface area (Å²) < 4.78 is 0. The van der Waals surface area contributed by atoms with E-state index in [4.69, 9.17) is 0 Å². The van der Waals surface area contributed by atoms with Crippen molar-refractivity contribution in [3.63, 3.8) is 0 Å². The Kier molecular flexibility index (Phi) is 5.05. The Hall–Kier alpha value is 0.217. The predicted molar refractivity (Wildman–Crippen MR) is 52.0 cm³/mol. The standard InChI is InChI=1S/C9H21Si/c1-5-7-9-10(3,4)8-6-2/h2,5-9H2,1,3-4H3. The van der Waals surface area contributed by atoms with E-state index in [2.05, 4.69) is 26.9 Å². The molecular formula is C9H21Si. The van der Waals surface area contributed by atoms with Crippen LogP contribution in [0.2, 0.25) is 25.2 Å². The van der Waals surface area contributed by atoms with Gasteiger partial charge in [-0.3, -0.25) is 0 Å². The molecule has 0 nitrogen and oxygen atoms in total. The highest BCUT2D eigenvalue weighted by atomic mass is 28.3. The Morgan fingerprint density at radius 2 is 1.80 bits per heavy atom. The van der Waals surface area contributed by atoms with E-state index in [1.807, 2.05) is 0 Å². The molecule has 10 heavy (non-hydrogen) atoms. The molecule has 61 valence electrons. The highest BCUT2D eigenvalue weighted by molar-refractivity contribution is 6.77. The summed E-state index contributed by atoms with van der Waals surface area (Å²) in [4.78, 5) is 0. The number of hydrogen-bond acceptors (Lipinski definition) is 0. The van der Waals surface area contributed by atoms with E-state index in [0.717, 1.165) is 6.42 Å². The Bertz CT molecular complexity index is 76.8. The zero-order chi connectivity index (χ0) is 8.04. The summed E-state index contributed by atoms with van der Waals surface area (Å²) in [6.45, 7) is 11.1. The maximum Gasteiger partial charge on any atom is 0.0473 e. The first-order chi connectivity index (χ1) is 4.62. The molecule has 0 fully saturated rings. The molecule has 0 N–H and O–H groups in total. The molecule has 0 spiro atoms. The minimum atomic E-state index is -0.787. The monoisotopic (exact) mass is 157 g/mol. The molecule has 0 saturated carbocycles. The van der Waals surface area contributed by atoms with E-state index < -0.39 is 8.07 Å². The molecule has 0 aromatic carbocycles. The molecule has 0 rings (SSSR count). The van der Waals surface area contributed by atoms with Crippen LogP contribution in [0, 0.1) is 6.92 Å². The van der Waals surface area contributed by atoms with Crippen molar-refractivity contribution < 1.29 is 0 Å². The fraction of sp³-hybridized carbons (Fsp3) is 0.889. The van der Waals surface area contributed by atoms with Gasteiger partial charge in [0.15, 0.2) is 0 Å². The van der Waals surface area contributed by atoms with Gasteiger partial charge >= 0.3 is 0 Å². The van der Waals surface area contributed by atoms with E-state index in [-0.39, 0.29) is 0 Å². The fourth-order valence-electron chi connectivity index (χ4n) is 1.26. The van der Waals surface area contributed by atoms with Gasteiger partial charge in [0.2, 0.25) is 0 Å². The smallest absolute Gasteiger partial charge is 0.0473 e. The van der Waals surface area contributed by atoms with Gasteiger partial charge in [-0.15, -0.1) is 0 Å². The lowest BCUT2D eigenvalue weighted by Gasteiger charge is -2.20. The van der Waals surface area contributed by atoms with Crippen LogP contribution in [0.25, 0.3) is 0 Å². The Morgan fingerprint density at radius 1 is 1.20 bits per heavy atom. The molecule has 0 unspecified atom stereocenters. The van der Waals surface area contributed by atoms with Gasteiger partial charge in [-0.2, -0.15) is 0 Å². The zero-order valence-electron chi connectivity index (χ0n) is 7.74. The second-order valence-corrected chi connectivity index (χ2v) is 9.20. The van der Waals surface area contributed by atoms with Crippen molar-refractivity contribution in [3.8, 4) is 0 Å². The molecule has 1 radical (unpaired) electrons. The molecule has 0 saturated heterocycles. The maximum atomic E-state index is 3.91. The van der Waals surface area contributed by atoms with Gasteiger partial charge in [0.1, 0.15) is 0 Å². The normalized spacial score (nSPS) is 12.0. The van der Waals surface area contributed by atoms with Crippen molar-refractivity contribution >= 4 is 8.07 Å². The Morgan fingerprint density at radius 3 is 2.20 bits per heavy atom. The van der Waals surface area contributed by atoms with Gasteiger partial charge in [-0.25, -0.2) is 0 Å². The van der Waals surface area contributed by atoms with E-state index in [0.29, 0.717) is 0 Å². The fourth-order valence-corrected chi connectivity index (χ4v) is 3.78. The summed E-state index contributed by atoms with van der Waals surface area (Å²) in [5.41, 5.74) is 0. The van der Waals surface area contributed by atoms with Crippen molar-refractivity contribution in [2.75, 3.05) is 0 Å². The summed E-state index contributed by atoms with van der Waals surface area (Å²) in [6, 6.07) is 2.91. The second kappa shape index (κ2) is 4.95. The summed E-state index contributed by atoms with van der Waals surface area (Å²) in [5, 5.41) is 0. The summed E-state index contributed by atoms with van der Waals surface area (Å²) in [5.74, 6) is 0. The molecule has 0 atom stereocenters. The van der Waals surface area contributed by atoms with Crippen LogP contribution in [0.15, 0.2) is 0 Å². The van der Waals surface area contributed by atoms with Crippen molar-refractivity contribution in [1.29, 1.82) is 0 Å². The van der Waals surface area contributed by atoms with Crippen molar-refractivity contribution in [1.82, 2.24) is 0 Å². The van der Waals surface area contributed by atoms with Gasteiger partial charge in [0.05, 0.1) is 0 Å². The molecule has 0 aliphatic heterocycles. The quantitative estimate of drug-likeness (QED) is 0.534. The molecule has 0 aliphatic rings. The molecule has 0 bridgehead atoms. The number of unbranched alkanes of at least 4 members (excludes halogenated alkanes) is 1. The highest BCUT2D eigenvalue weighted by Gasteiger charge is 2.17. The molecule has 0 aromatic heterocycles. The van der Waals surface area contributed by atoms with Crippen LogP contribution in [-0.2, 0) is 0 Å². The van der Waals surface area contributed by atoms with Crippen molar-refractivity contribution in [2.45, 2.75) is 51.4 Å². The van der Waals surface area contributed by atoms with Crippen LogP contribution in [0.3, 0.4) is 0 Å².